The van der Waals surface area contributed by atoms with E-state index in [2.05, 4.69) is 20.4 Å². The summed E-state index contributed by atoms with van der Waals surface area (Å²) in [5.74, 6) is -5.89. The van der Waals surface area contributed by atoms with Gasteiger partial charge in [0.15, 0.2) is 14.8 Å². The van der Waals surface area contributed by atoms with Crippen LogP contribution >= 0.6 is 0 Å². The van der Waals surface area contributed by atoms with Gasteiger partial charge in [-0.2, -0.15) is 0 Å². The molecule has 0 aliphatic carbocycles. The Bertz CT molecular complexity index is 446. The molecule has 0 spiro atoms. The van der Waals surface area contributed by atoms with Crippen LogP contribution in [0, 0.1) is 30.3 Å². The van der Waals surface area contributed by atoms with Gasteiger partial charge in [-0.3, -0.25) is 30.3 Å². The number of hydrogen-bond donors (Lipinski definition) is 1. The van der Waals surface area contributed by atoms with Gasteiger partial charge >= 0.3 is 11.6 Å². The minimum Gasteiger partial charge on any atom is -0.365 e. The number of rotatable bonds is 4. The van der Waals surface area contributed by atoms with Crippen LogP contribution < -0.4 is 5.73 Å². The molecule has 1 rings (SSSR count). The van der Waals surface area contributed by atoms with Gasteiger partial charge in [0.1, 0.15) is 0 Å². The van der Waals surface area contributed by atoms with E-state index in [1.807, 2.05) is 0 Å². The Morgan fingerprint density at radius 3 is 1.53 bits per heavy atom. The van der Waals surface area contributed by atoms with E-state index >= 15 is 0 Å². The highest BCUT2D eigenvalue weighted by Crippen LogP contribution is 2.22. The lowest BCUT2D eigenvalue weighted by atomic mass is 10.3. The van der Waals surface area contributed by atoms with Crippen molar-refractivity contribution in [3.8, 4) is 0 Å². The highest BCUT2D eigenvalue weighted by molar-refractivity contribution is 5.07. The maximum atomic E-state index is 10.5. The molecule has 1 aromatic heterocycles. The molecule has 90 valence electrons. The van der Waals surface area contributed by atoms with E-state index in [9.17, 15) is 30.3 Å². The molecule has 0 atom stereocenters. The fourth-order valence-electron chi connectivity index (χ4n) is 0.816. The first-order valence-corrected chi connectivity index (χ1v) is 3.60. The zero-order valence-corrected chi connectivity index (χ0v) is 7.66. The topological polar surface area (TPSA) is 207 Å². The standard InChI is InChI=1S/C3H2N8O6/c4-2-7-5-1(6-8-2)3(9(12)13,10(14)15)11(16)17/h(H2,4,7,8). The molecular formula is C3H2N8O6. The Morgan fingerprint density at radius 2 is 1.24 bits per heavy atom. The second-order valence-corrected chi connectivity index (χ2v) is 2.49. The first kappa shape index (κ1) is 12.0. The van der Waals surface area contributed by atoms with Crippen LogP contribution in [0.5, 0.6) is 0 Å². The summed E-state index contributed by atoms with van der Waals surface area (Å²) in [5, 5.41) is 43.2. The molecule has 14 nitrogen and oxygen atoms in total. The molecule has 1 heterocycles. The van der Waals surface area contributed by atoms with Gasteiger partial charge in [0, 0.05) is 0 Å². The number of nitrogens with zero attached hydrogens (tertiary/aromatic N) is 7. The molecule has 0 unspecified atom stereocenters. The molecule has 0 aliphatic rings. The summed E-state index contributed by atoms with van der Waals surface area (Å²) in [6, 6.07) is 0. The van der Waals surface area contributed by atoms with Crippen molar-refractivity contribution in [2.24, 2.45) is 0 Å². The Kier molecular flexibility index (Phi) is 2.71. The summed E-state index contributed by atoms with van der Waals surface area (Å²) < 4.78 is 0. The van der Waals surface area contributed by atoms with E-state index < -0.39 is 32.3 Å². The summed E-state index contributed by atoms with van der Waals surface area (Å²) in [6.07, 6.45) is 0. The average molecular weight is 246 g/mol. The SMILES string of the molecule is Nc1nnc(C([N+](=O)[O-])([N+](=O)[O-])[N+](=O)[O-])nn1. The number of nitrogens with two attached hydrogens (primary N) is 1. The third kappa shape index (κ3) is 1.62. The molecule has 17 heavy (non-hydrogen) atoms. The van der Waals surface area contributed by atoms with Crippen molar-refractivity contribution in [2.45, 2.75) is 5.79 Å². The quantitative estimate of drug-likeness (QED) is 0.341. The van der Waals surface area contributed by atoms with Gasteiger partial charge in [-0.1, -0.05) is 0 Å². The second kappa shape index (κ2) is 3.83. The van der Waals surface area contributed by atoms with Crippen LogP contribution in [0.15, 0.2) is 0 Å². The van der Waals surface area contributed by atoms with Crippen molar-refractivity contribution in [1.29, 1.82) is 0 Å². The maximum absolute atomic E-state index is 10.5. The van der Waals surface area contributed by atoms with Crippen LogP contribution in [0.25, 0.3) is 0 Å². The van der Waals surface area contributed by atoms with Gasteiger partial charge in [-0.15, -0.1) is 20.4 Å². The predicted molar refractivity (Wildman–Crippen MR) is 44.7 cm³/mol. The summed E-state index contributed by atoms with van der Waals surface area (Å²) in [5.41, 5.74) is 4.94. The highest BCUT2D eigenvalue weighted by Gasteiger charge is 2.76. The third-order valence-corrected chi connectivity index (χ3v) is 1.56. The number of nitro groups is 3. The maximum Gasteiger partial charge on any atom is 0.766 e. The fourth-order valence-corrected chi connectivity index (χ4v) is 0.816. The Hall–Kier alpha value is -3.06. The highest BCUT2D eigenvalue weighted by atomic mass is 16.7. The number of nitrogen functional groups attached to an aromatic ring is 1. The molecule has 2 N–H and O–H groups in total. The molecule has 14 heteroatoms. The van der Waals surface area contributed by atoms with E-state index in [1.165, 1.54) is 0 Å². The van der Waals surface area contributed by atoms with E-state index in [0.717, 1.165) is 0 Å². The minimum atomic E-state index is -3.95. The van der Waals surface area contributed by atoms with Crippen LogP contribution in [0.4, 0.5) is 5.95 Å². The lowest BCUT2D eigenvalue weighted by Crippen LogP contribution is -2.51. The van der Waals surface area contributed by atoms with Crippen molar-refractivity contribution >= 4 is 5.95 Å². The lowest BCUT2D eigenvalue weighted by Gasteiger charge is -2.05. The fraction of sp³-hybridized carbons (Fsp3) is 0.333. The van der Waals surface area contributed by atoms with Crippen molar-refractivity contribution in [2.75, 3.05) is 5.73 Å². The van der Waals surface area contributed by atoms with Crippen LogP contribution in [-0.2, 0) is 5.79 Å². The Labute approximate surface area is 89.9 Å². The van der Waals surface area contributed by atoms with Gasteiger partial charge in [-0.25, -0.2) is 0 Å². The van der Waals surface area contributed by atoms with Crippen LogP contribution in [0.1, 0.15) is 5.82 Å². The third-order valence-electron chi connectivity index (χ3n) is 1.56. The van der Waals surface area contributed by atoms with Crippen LogP contribution in [-0.4, -0.2) is 35.2 Å². The first-order valence-electron chi connectivity index (χ1n) is 3.60. The molecule has 0 amide bonds. The molecule has 0 bridgehead atoms. The van der Waals surface area contributed by atoms with Gasteiger partial charge in [-0.05, 0) is 0 Å². The van der Waals surface area contributed by atoms with E-state index in [1.54, 1.807) is 0 Å². The molecule has 0 aliphatic heterocycles. The van der Waals surface area contributed by atoms with E-state index in [-0.39, 0.29) is 0 Å². The number of aromatic nitrogens is 4. The van der Waals surface area contributed by atoms with E-state index in [4.69, 9.17) is 5.73 Å². The lowest BCUT2D eigenvalue weighted by molar-refractivity contribution is -0.987. The zero-order valence-electron chi connectivity index (χ0n) is 7.66. The van der Waals surface area contributed by atoms with Gasteiger partial charge in [0.05, 0.1) is 0 Å². The normalized spacial score (nSPS) is 10.8. The van der Waals surface area contributed by atoms with Crippen molar-refractivity contribution in [1.82, 2.24) is 20.4 Å². The number of hydrogen-bond acceptors (Lipinski definition) is 11. The summed E-state index contributed by atoms with van der Waals surface area (Å²) in [4.78, 5) is 26.3. The van der Waals surface area contributed by atoms with Crippen molar-refractivity contribution < 1.29 is 14.8 Å². The van der Waals surface area contributed by atoms with Gasteiger partial charge in [0.25, 0.3) is 5.95 Å². The molecule has 0 saturated heterocycles. The van der Waals surface area contributed by atoms with Gasteiger partial charge in [0.2, 0.25) is 0 Å². The monoisotopic (exact) mass is 246 g/mol. The molecule has 0 saturated carbocycles. The van der Waals surface area contributed by atoms with Gasteiger partial charge < -0.3 is 5.73 Å². The molecule has 0 fully saturated rings. The van der Waals surface area contributed by atoms with Crippen molar-refractivity contribution in [3.05, 3.63) is 36.2 Å². The van der Waals surface area contributed by atoms with Crippen molar-refractivity contribution in [3.63, 3.8) is 0 Å². The predicted octanol–water partition coefficient (Wildman–Crippen LogP) is -2.21. The molecule has 0 radical (unpaired) electrons. The smallest absolute Gasteiger partial charge is 0.365 e. The Balaban J connectivity index is 3.53. The largest absolute Gasteiger partial charge is 0.766 e. The minimum absolute atomic E-state index is 0.544. The number of anilines is 1. The zero-order chi connectivity index (χ0) is 13.2. The Morgan fingerprint density at radius 1 is 0.882 bits per heavy atom. The summed E-state index contributed by atoms with van der Waals surface area (Å²) in [7, 11) is 0. The molecule has 0 aromatic carbocycles. The summed E-state index contributed by atoms with van der Waals surface area (Å²) >= 11 is 0. The first-order chi connectivity index (χ1) is 7.83. The summed E-state index contributed by atoms with van der Waals surface area (Å²) in [6.45, 7) is 0. The second-order valence-electron chi connectivity index (χ2n) is 2.49. The van der Waals surface area contributed by atoms with Crippen LogP contribution in [0.2, 0.25) is 0 Å². The van der Waals surface area contributed by atoms with Crippen LogP contribution in [0.3, 0.4) is 0 Å². The van der Waals surface area contributed by atoms with E-state index in [0.29, 0.717) is 0 Å². The molecule has 1 aromatic rings. The molecular weight excluding hydrogens is 244 g/mol. The average Bonchev–Trinajstić information content (AvgIpc) is 2.20.